The minimum atomic E-state index is 0.237. The van der Waals surface area contributed by atoms with Gasteiger partial charge in [-0.2, -0.15) is 0 Å². The largest absolute Gasteiger partial charge is 0.491 e. The average Bonchev–Trinajstić information content (AvgIpc) is 2.33. The molecule has 0 bridgehead atoms. The maximum Gasteiger partial charge on any atom is 0.119 e. The molecule has 0 amide bonds. The second-order valence-corrected chi connectivity index (χ2v) is 5.76. The zero-order chi connectivity index (χ0) is 14.3. The van der Waals surface area contributed by atoms with Crippen LogP contribution in [0.2, 0.25) is 0 Å². The molecule has 0 saturated carbocycles. The van der Waals surface area contributed by atoms with Crippen molar-refractivity contribution in [1.29, 1.82) is 0 Å². The van der Waals surface area contributed by atoms with Crippen molar-refractivity contribution in [3.8, 4) is 5.75 Å². The first-order valence-electron chi connectivity index (χ1n) is 7.52. The van der Waals surface area contributed by atoms with Gasteiger partial charge in [0.15, 0.2) is 0 Å². The topological polar surface area (TPSA) is 21.3 Å². The third-order valence-corrected chi connectivity index (χ3v) is 3.29. The van der Waals surface area contributed by atoms with Gasteiger partial charge < -0.3 is 10.1 Å². The zero-order valence-corrected chi connectivity index (χ0v) is 13.1. The normalized spacial score (nSPS) is 13.0. The van der Waals surface area contributed by atoms with Crippen molar-refractivity contribution in [3.05, 3.63) is 29.8 Å². The molecular formula is C17H29NO. The Labute approximate surface area is 118 Å². The highest BCUT2D eigenvalue weighted by Crippen LogP contribution is 2.17. The van der Waals surface area contributed by atoms with Gasteiger partial charge in [0, 0.05) is 6.04 Å². The molecule has 19 heavy (non-hydrogen) atoms. The number of rotatable bonds is 8. The molecule has 0 spiro atoms. The molecule has 1 unspecified atom stereocenters. The molecule has 2 nitrogen and oxygen atoms in total. The van der Waals surface area contributed by atoms with E-state index in [2.05, 4.69) is 58.1 Å². The van der Waals surface area contributed by atoms with Gasteiger partial charge >= 0.3 is 0 Å². The fourth-order valence-corrected chi connectivity index (χ4v) is 2.30. The van der Waals surface area contributed by atoms with Gasteiger partial charge in [-0.3, -0.25) is 0 Å². The van der Waals surface area contributed by atoms with Crippen LogP contribution in [0.25, 0.3) is 0 Å². The highest BCUT2D eigenvalue weighted by molar-refractivity contribution is 5.28. The number of hydrogen-bond donors (Lipinski definition) is 1. The summed E-state index contributed by atoms with van der Waals surface area (Å²) in [6, 6.07) is 9.08. The minimum absolute atomic E-state index is 0.237. The van der Waals surface area contributed by atoms with Crippen molar-refractivity contribution in [2.75, 3.05) is 6.54 Å². The van der Waals surface area contributed by atoms with E-state index in [-0.39, 0.29) is 6.10 Å². The molecule has 1 atom stereocenters. The van der Waals surface area contributed by atoms with Crippen LogP contribution in [0.15, 0.2) is 24.3 Å². The van der Waals surface area contributed by atoms with E-state index < -0.39 is 0 Å². The molecule has 1 N–H and O–H groups in total. The van der Waals surface area contributed by atoms with Gasteiger partial charge in [-0.1, -0.05) is 32.9 Å². The summed E-state index contributed by atoms with van der Waals surface area (Å²) in [5.41, 5.74) is 1.36. The summed E-state index contributed by atoms with van der Waals surface area (Å²) in [4.78, 5) is 0. The third-order valence-electron chi connectivity index (χ3n) is 3.29. The van der Waals surface area contributed by atoms with Crippen molar-refractivity contribution in [1.82, 2.24) is 5.32 Å². The fourth-order valence-electron chi connectivity index (χ4n) is 2.30. The molecule has 0 aliphatic carbocycles. The quantitative estimate of drug-likeness (QED) is 0.764. The third kappa shape index (κ3) is 6.11. The van der Waals surface area contributed by atoms with Gasteiger partial charge in [0.25, 0.3) is 0 Å². The molecule has 0 fully saturated rings. The second-order valence-electron chi connectivity index (χ2n) is 5.76. The van der Waals surface area contributed by atoms with Crippen LogP contribution < -0.4 is 10.1 Å². The Morgan fingerprint density at radius 1 is 1.16 bits per heavy atom. The molecule has 2 heteroatoms. The lowest BCUT2D eigenvalue weighted by Crippen LogP contribution is -2.34. The first-order valence-corrected chi connectivity index (χ1v) is 7.52. The first kappa shape index (κ1) is 16.0. The highest BCUT2D eigenvalue weighted by Gasteiger charge is 2.11. The summed E-state index contributed by atoms with van der Waals surface area (Å²) in [7, 11) is 0. The van der Waals surface area contributed by atoms with Crippen LogP contribution in [-0.2, 0) is 6.42 Å². The maximum atomic E-state index is 5.74. The van der Waals surface area contributed by atoms with Crippen LogP contribution in [0.1, 0.15) is 46.6 Å². The maximum absolute atomic E-state index is 5.74. The molecule has 0 saturated heterocycles. The van der Waals surface area contributed by atoms with E-state index in [1.165, 1.54) is 12.0 Å². The van der Waals surface area contributed by atoms with E-state index in [9.17, 15) is 0 Å². The Bertz CT molecular complexity index is 360. The fraction of sp³-hybridized carbons (Fsp3) is 0.647. The van der Waals surface area contributed by atoms with Gasteiger partial charge in [-0.05, 0) is 56.8 Å². The smallest absolute Gasteiger partial charge is 0.119 e. The van der Waals surface area contributed by atoms with Crippen LogP contribution in [0.3, 0.4) is 0 Å². The van der Waals surface area contributed by atoms with E-state index in [4.69, 9.17) is 4.74 Å². The lowest BCUT2D eigenvalue weighted by Gasteiger charge is -2.21. The lowest BCUT2D eigenvalue weighted by molar-refractivity contribution is 0.242. The summed E-state index contributed by atoms with van der Waals surface area (Å²) in [6.45, 7) is 11.9. The van der Waals surface area contributed by atoms with E-state index in [0.717, 1.165) is 18.7 Å². The molecular weight excluding hydrogens is 234 g/mol. The van der Waals surface area contributed by atoms with Crippen LogP contribution in [0.4, 0.5) is 0 Å². The van der Waals surface area contributed by atoms with Crippen molar-refractivity contribution in [3.63, 3.8) is 0 Å². The van der Waals surface area contributed by atoms with Gasteiger partial charge in [-0.15, -0.1) is 0 Å². The molecule has 0 radical (unpaired) electrons. The summed E-state index contributed by atoms with van der Waals surface area (Å²) in [5, 5.41) is 3.57. The lowest BCUT2D eigenvalue weighted by atomic mass is 9.96. The van der Waals surface area contributed by atoms with Crippen LogP contribution in [0.5, 0.6) is 5.75 Å². The molecule has 0 aliphatic heterocycles. The number of nitrogens with one attached hydrogen (secondary N) is 1. The molecule has 0 heterocycles. The Balaban J connectivity index is 2.56. The molecule has 1 aromatic carbocycles. The second kappa shape index (κ2) is 8.21. The zero-order valence-electron chi connectivity index (χ0n) is 13.1. The SMILES string of the molecule is CCNC(CCc1cccc(OC(C)C)c1)C(C)C. The van der Waals surface area contributed by atoms with Crippen molar-refractivity contribution in [2.24, 2.45) is 5.92 Å². The van der Waals surface area contributed by atoms with E-state index >= 15 is 0 Å². The van der Waals surface area contributed by atoms with Crippen LogP contribution in [0, 0.1) is 5.92 Å². The van der Waals surface area contributed by atoms with Crippen LogP contribution >= 0.6 is 0 Å². The molecule has 1 rings (SSSR count). The predicted octanol–water partition coefficient (Wildman–Crippen LogP) is 4.04. The highest BCUT2D eigenvalue weighted by atomic mass is 16.5. The summed E-state index contributed by atoms with van der Waals surface area (Å²) in [5.74, 6) is 1.66. The molecule has 0 aromatic heterocycles. The van der Waals surface area contributed by atoms with Gasteiger partial charge in [0.1, 0.15) is 5.75 Å². The monoisotopic (exact) mass is 263 g/mol. The summed E-state index contributed by atoms with van der Waals surface area (Å²) in [6.07, 6.45) is 2.52. The summed E-state index contributed by atoms with van der Waals surface area (Å²) >= 11 is 0. The summed E-state index contributed by atoms with van der Waals surface area (Å²) < 4.78 is 5.74. The molecule has 1 aromatic rings. The van der Waals surface area contributed by atoms with Crippen molar-refractivity contribution in [2.45, 2.75) is 59.6 Å². The number of benzene rings is 1. The standard InChI is InChI=1S/C17H29NO/c1-6-18-17(13(2)3)11-10-15-8-7-9-16(12-15)19-14(4)5/h7-9,12-14,17-18H,6,10-11H2,1-5H3. The van der Waals surface area contributed by atoms with Crippen molar-refractivity contribution < 1.29 is 4.74 Å². The minimum Gasteiger partial charge on any atom is -0.491 e. The van der Waals surface area contributed by atoms with Gasteiger partial charge in [0.05, 0.1) is 6.10 Å². The first-order chi connectivity index (χ1) is 9.02. The van der Waals surface area contributed by atoms with Crippen LogP contribution in [-0.4, -0.2) is 18.7 Å². The number of hydrogen-bond acceptors (Lipinski definition) is 2. The van der Waals surface area contributed by atoms with Gasteiger partial charge in [0.2, 0.25) is 0 Å². The Kier molecular flexibility index (Phi) is 6.93. The van der Waals surface area contributed by atoms with E-state index in [1.807, 2.05) is 6.07 Å². The average molecular weight is 263 g/mol. The van der Waals surface area contributed by atoms with Gasteiger partial charge in [-0.25, -0.2) is 0 Å². The Morgan fingerprint density at radius 3 is 2.47 bits per heavy atom. The van der Waals surface area contributed by atoms with Crippen molar-refractivity contribution >= 4 is 0 Å². The van der Waals surface area contributed by atoms with E-state index in [0.29, 0.717) is 12.0 Å². The predicted molar refractivity (Wildman–Crippen MR) is 82.8 cm³/mol. The number of ether oxygens (including phenoxy) is 1. The molecule has 0 aliphatic rings. The Hall–Kier alpha value is -1.02. The Morgan fingerprint density at radius 2 is 1.89 bits per heavy atom. The number of aryl methyl sites for hydroxylation is 1. The molecule has 108 valence electrons. The van der Waals surface area contributed by atoms with E-state index in [1.54, 1.807) is 0 Å².